The molecule has 7 nitrogen and oxygen atoms in total. The summed E-state index contributed by atoms with van der Waals surface area (Å²) in [6.07, 6.45) is 5.24. The zero-order valence-electron chi connectivity index (χ0n) is 19.5. The van der Waals surface area contributed by atoms with Crippen LogP contribution in [0.4, 0.5) is 4.79 Å². The third-order valence-corrected chi connectivity index (χ3v) is 5.03. The van der Waals surface area contributed by atoms with Gasteiger partial charge in [0.15, 0.2) is 0 Å². The number of carbonyl (C=O) groups excluding carboxylic acids is 1. The molecule has 1 aromatic rings. The molecule has 1 amide bonds. The smallest absolute Gasteiger partial charge is 0.444 e. The minimum atomic E-state index is -0.576. The standard InChI is InChI=1S/C21H36BN3O4/c1-18(2,3)25-14-15(12-24-25)11-16(13-23-17(26)27-19(4,5)6)22-28-20(7,8)21(9,10)29-22/h11-12,14H,13H2,1-10H3,(H,23,26). The maximum atomic E-state index is 12.2. The lowest BCUT2D eigenvalue weighted by molar-refractivity contribution is 0.00578. The second-order valence-corrected chi connectivity index (χ2v) is 10.6. The maximum Gasteiger partial charge on any atom is 0.492 e. The number of nitrogens with one attached hydrogen (secondary N) is 1. The predicted octanol–water partition coefficient (Wildman–Crippen LogP) is 4.18. The number of hydrogen-bond acceptors (Lipinski definition) is 5. The largest absolute Gasteiger partial charge is 0.492 e. The van der Waals surface area contributed by atoms with Crippen LogP contribution in [0.1, 0.15) is 74.8 Å². The van der Waals surface area contributed by atoms with Crippen molar-refractivity contribution < 1.29 is 18.8 Å². The third-order valence-electron chi connectivity index (χ3n) is 5.03. The highest BCUT2D eigenvalue weighted by Gasteiger charge is 2.52. The molecule has 0 aliphatic carbocycles. The van der Waals surface area contributed by atoms with Crippen LogP contribution >= 0.6 is 0 Å². The first-order valence-corrected chi connectivity index (χ1v) is 10.1. The molecule has 1 aliphatic heterocycles. The normalized spacial score (nSPS) is 19.4. The summed E-state index contributed by atoms with van der Waals surface area (Å²) < 4.78 is 19.7. The fraction of sp³-hybridized carbons (Fsp3) is 0.714. The van der Waals surface area contributed by atoms with E-state index in [1.807, 2.05) is 65.4 Å². The van der Waals surface area contributed by atoms with E-state index in [0.717, 1.165) is 11.0 Å². The number of nitrogens with zero attached hydrogens (tertiary/aromatic N) is 2. The Morgan fingerprint density at radius 3 is 2.17 bits per heavy atom. The van der Waals surface area contributed by atoms with E-state index in [1.54, 1.807) is 6.20 Å². The lowest BCUT2D eigenvalue weighted by atomic mass is 9.77. The van der Waals surface area contributed by atoms with Crippen molar-refractivity contribution in [3.63, 3.8) is 0 Å². The van der Waals surface area contributed by atoms with Gasteiger partial charge in [0.25, 0.3) is 0 Å². The van der Waals surface area contributed by atoms with Gasteiger partial charge in [-0.15, -0.1) is 0 Å². The molecule has 0 aromatic carbocycles. The van der Waals surface area contributed by atoms with Gasteiger partial charge in [0.05, 0.1) is 22.9 Å². The average Bonchev–Trinajstić information content (AvgIpc) is 3.04. The van der Waals surface area contributed by atoms with Gasteiger partial charge in [0.2, 0.25) is 0 Å². The molecule has 1 aliphatic rings. The molecule has 0 unspecified atom stereocenters. The summed E-state index contributed by atoms with van der Waals surface area (Å²) in [5, 5.41) is 7.26. The molecule has 162 valence electrons. The number of alkyl carbamates (subject to hydrolysis) is 1. The number of ether oxygens (including phenoxy) is 1. The van der Waals surface area contributed by atoms with Crippen molar-refractivity contribution in [1.29, 1.82) is 0 Å². The van der Waals surface area contributed by atoms with Crippen LogP contribution < -0.4 is 5.32 Å². The summed E-state index contributed by atoms with van der Waals surface area (Å²) in [7, 11) is -0.576. The SMILES string of the molecule is CC(C)(C)OC(=O)NCC(=Cc1cnn(C(C)(C)C)c1)B1OC(C)(C)C(C)(C)O1. The summed E-state index contributed by atoms with van der Waals surface area (Å²) >= 11 is 0. The summed E-state index contributed by atoms with van der Waals surface area (Å²) in [6.45, 7) is 20.0. The van der Waals surface area contributed by atoms with Crippen molar-refractivity contribution in [2.75, 3.05) is 6.54 Å². The third kappa shape index (κ3) is 6.09. The predicted molar refractivity (Wildman–Crippen MR) is 116 cm³/mol. The highest BCUT2D eigenvalue weighted by molar-refractivity contribution is 6.56. The molecular formula is C21H36BN3O4. The minimum absolute atomic E-state index is 0.120. The van der Waals surface area contributed by atoms with Crippen LogP contribution in [-0.2, 0) is 19.6 Å². The van der Waals surface area contributed by atoms with Crippen LogP contribution in [0.5, 0.6) is 0 Å². The van der Waals surface area contributed by atoms with Crippen molar-refractivity contribution in [3.8, 4) is 0 Å². The Hall–Kier alpha value is -1.80. The van der Waals surface area contributed by atoms with Gasteiger partial charge < -0.3 is 19.4 Å². The van der Waals surface area contributed by atoms with Gasteiger partial charge in [-0.2, -0.15) is 5.10 Å². The Balaban J connectivity index is 2.26. The Bertz CT molecular complexity index is 754. The fourth-order valence-corrected chi connectivity index (χ4v) is 2.68. The van der Waals surface area contributed by atoms with Gasteiger partial charge in [-0.05, 0) is 74.7 Å². The van der Waals surface area contributed by atoms with E-state index in [-0.39, 0.29) is 12.1 Å². The lowest BCUT2D eigenvalue weighted by Crippen LogP contribution is -2.41. The van der Waals surface area contributed by atoms with Gasteiger partial charge in [0.1, 0.15) is 5.60 Å². The monoisotopic (exact) mass is 405 g/mol. The van der Waals surface area contributed by atoms with Crippen molar-refractivity contribution in [3.05, 3.63) is 23.4 Å². The molecule has 0 spiro atoms. The molecule has 0 saturated carbocycles. The van der Waals surface area contributed by atoms with Crippen LogP contribution in [-0.4, -0.2) is 46.3 Å². The molecular weight excluding hydrogens is 369 g/mol. The summed E-state index contributed by atoms with van der Waals surface area (Å²) in [5.74, 6) is 0. The van der Waals surface area contributed by atoms with Crippen molar-refractivity contribution in [2.24, 2.45) is 0 Å². The van der Waals surface area contributed by atoms with E-state index < -0.39 is 30.0 Å². The Morgan fingerprint density at radius 1 is 1.17 bits per heavy atom. The first kappa shape index (κ1) is 23.5. The second kappa shape index (κ2) is 7.80. The van der Waals surface area contributed by atoms with Gasteiger partial charge in [-0.1, -0.05) is 6.08 Å². The quantitative estimate of drug-likeness (QED) is 0.761. The van der Waals surface area contributed by atoms with Crippen LogP contribution in [0.15, 0.2) is 17.9 Å². The number of rotatable bonds is 4. The zero-order chi connectivity index (χ0) is 22.3. The van der Waals surface area contributed by atoms with Gasteiger partial charge in [0, 0.05) is 18.3 Å². The van der Waals surface area contributed by atoms with Crippen LogP contribution in [0.2, 0.25) is 0 Å². The van der Waals surface area contributed by atoms with E-state index in [2.05, 4.69) is 31.2 Å². The van der Waals surface area contributed by atoms with Crippen LogP contribution in [0.25, 0.3) is 6.08 Å². The molecule has 0 radical (unpaired) electrons. The number of amides is 1. The van der Waals surface area contributed by atoms with Crippen molar-refractivity contribution in [1.82, 2.24) is 15.1 Å². The minimum Gasteiger partial charge on any atom is -0.444 e. The van der Waals surface area contributed by atoms with E-state index in [9.17, 15) is 4.79 Å². The first-order chi connectivity index (χ1) is 13.0. The fourth-order valence-electron chi connectivity index (χ4n) is 2.68. The zero-order valence-corrected chi connectivity index (χ0v) is 19.5. The van der Waals surface area contributed by atoms with E-state index in [4.69, 9.17) is 14.0 Å². The Kier molecular flexibility index (Phi) is 6.31. The number of hydrogen-bond donors (Lipinski definition) is 1. The van der Waals surface area contributed by atoms with Crippen molar-refractivity contribution in [2.45, 2.75) is 91.6 Å². The molecule has 0 atom stereocenters. The van der Waals surface area contributed by atoms with Gasteiger partial charge >= 0.3 is 13.2 Å². The molecule has 1 fully saturated rings. The van der Waals surface area contributed by atoms with E-state index in [0.29, 0.717) is 0 Å². The second-order valence-electron chi connectivity index (χ2n) is 10.6. The first-order valence-electron chi connectivity index (χ1n) is 10.1. The molecule has 2 heterocycles. The van der Waals surface area contributed by atoms with Gasteiger partial charge in [-0.3, -0.25) is 4.68 Å². The number of aromatic nitrogens is 2. The highest BCUT2D eigenvalue weighted by Crippen LogP contribution is 2.38. The van der Waals surface area contributed by atoms with E-state index in [1.165, 1.54) is 0 Å². The molecule has 29 heavy (non-hydrogen) atoms. The highest BCUT2D eigenvalue weighted by atomic mass is 16.7. The van der Waals surface area contributed by atoms with E-state index >= 15 is 0 Å². The molecule has 1 N–H and O–H groups in total. The van der Waals surface area contributed by atoms with Crippen LogP contribution in [0.3, 0.4) is 0 Å². The van der Waals surface area contributed by atoms with Gasteiger partial charge in [-0.25, -0.2) is 4.79 Å². The Morgan fingerprint density at radius 2 is 1.72 bits per heavy atom. The molecule has 8 heteroatoms. The number of carbonyl (C=O) groups is 1. The Labute approximate surface area is 175 Å². The van der Waals surface area contributed by atoms with Crippen LogP contribution in [0, 0.1) is 0 Å². The molecule has 1 saturated heterocycles. The summed E-state index contributed by atoms with van der Waals surface area (Å²) in [4.78, 5) is 12.2. The molecule has 2 rings (SSSR count). The summed E-state index contributed by atoms with van der Waals surface area (Å²) in [6, 6.07) is 0. The lowest BCUT2D eigenvalue weighted by Gasteiger charge is -2.32. The molecule has 0 bridgehead atoms. The topological polar surface area (TPSA) is 74.6 Å². The maximum absolute atomic E-state index is 12.2. The summed E-state index contributed by atoms with van der Waals surface area (Å²) in [5.41, 5.74) is 0.0761. The average molecular weight is 405 g/mol. The van der Waals surface area contributed by atoms with Crippen molar-refractivity contribution >= 4 is 19.3 Å². The molecule has 1 aromatic heterocycles.